The van der Waals surface area contributed by atoms with Crippen molar-refractivity contribution in [3.05, 3.63) is 35.4 Å². The summed E-state index contributed by atoms with van der Waals surface area (Å²) in [6, 6.07) is 4.13. The molecule has 10 nitrogen and oxygen atoms in total. The zero-order valence-corrected chi connectivity index (χ0v) is 28.5. The van der Waals surface area contributed by atoms with Crippen molar-refractivity contribution in [3.63, 3.8) is 0 Å². The molecule has 1 heterocycles. The van der Waals surface area contributed by atoms with Crippen LogP contribution in [0.4, 0.5) is 0 Å². The topological polar surface area (TPSA) is 177 Å². The van der Waals surface area contributed by atoms with Gasteiger partial charge in [-0.05, 0) is 85.1 Å². The van der Waals surface area contributed by atoms with Crippen LogP contribution < -0.4 is 0 Å². The van der Waals surface area contributed by atoms with Crippen LogP contribution in [-0.4, -0.2) is 96.5 Å². The van der Waals surface area contributed by atoms with Crippen molar-refractivity contribution in [2.24, 2.45) is 40.4 Å². The molecule has 0 bridgehead atoms. The summed E-state index contributed by atoms with van der Waals surface area (Å²) in [5, 5.41) is 78.2. The lowest BCUT2D eigenvalue weighted by Crippen LogP contribution is -2.64. The molecule has 6 rings (SSSR count). The number of phenolic OH excluding ortho intramolecular Hbond substituents is 2. The number of carbonyl (C=O) groups excluding carboxylic acids is 1. The van der Waals surface area contributed by atoms with Gasteiger partial charge in [-0.2, -0.15) is 0 Å². The number of rotatable bonds is 8. The van der Waals surface area contributed by atoms with Gasteiger partial charge in [0.1, 0.15) is 17.6 Å². The summed E-state index contributed by atoms with van der Waals surface area (Å²) in [5.41, 5.74) is -3.45. The van der Waals surface area contributed by atoms with Gasteiger partial charge in [-0.25, -0.2) is 0 Å². The maximum absolute atomic E-state index is 14.4. The van der Waals surface area contributed by atoms with Crippen molar-refractivity contribution in [2.45, 2.75) is 121 Å². The van der Waals surface area contributed by atoms with E-state index in [9.17, 15) is 40.5 Å². The second-order valence-electron chi connectivity index (χ2n) is 16.4. The second kappa shape index (κ2) is 11.8. The zero-order chi connectivity index (χ0) is 34.4. The molecule has 1 aromatic rings. The fourth-order valence-corrected chi connectivity index (χ4v) is 10.9. The van der Waals surface area contributed by atoms with E-state index in [4.69, 9.17) is 9.47 Å². The van der Waals surface area contributed by atoms with Gasteiger partial charge in [-0.3, -0.25) is 4.79 Å². The highest BCUT2D eigenvalue weighted by molar-refractivity contribution is 5.96. The van der Waals surface area contributed by atoms with Gasteiger partial charge >= 0.3 is 0 Å². The molecule has 14 atom stereocenters. The fraction of sp³-hybridized carbons (Fsp3) is 0.757. The largest absolute Gasteiger partial charge is 0.508 e. The van der Waals surface area contributed by atoms with Crippen LogP contribution in [0.25, 0.3) is 0 Å². The van der Waals surface area contributed by atoms with Gasteiger partial charge in [-0.15, -0.1) is 0 Å². The lowest BCUT2D eigenvalue weighted by molar-refractivity contribution is -0.181. The van der Waals surface area contributed by atoms with E-state index < -0.39 is 70.3 Å². The number of benzene rings is 1. The van der Waals surface area contributed by atoms with E-state index in [1.54, 1.807) is 13.0 Å². The van der Waals surface area contributed by atoms with Crippen LogP contribution in [0.15, 0.2) is 29.8 Å². The number of carbonyl (C=O) groups is 1. The third-order valence-electron chi connectivity index (χ3n) is 13.5. The number of hydrogen-bond donors (Lipinski definition) is 7. The highest BCUT2D eigenvalue weighted by Gasteiger charge is 2.75. The number of aliphatic hydroxyl groups excluding tert-OH is 3. The molecular formula is C37H54O10. The van der Waals surface area contributed by atoms with E-state index in [0.29, 0.717) is 36.8 Å². The number of hydrogen-bond acceptors (Lipinski definition) is 10. The SMILES string of the molecule is CC(C)[C@H](C)[C@H](O)[C@@H]1O[C@H]2C[C@@]3(O)C4=CC(=O)[C@@H]5[C@H](c6cc(O)cc(O)c6)[C@@H](O)[C@@H](OCCCO)C[C@]5(C)[C@H]4CC[C@]3(C)[C@H]2[C@@]1(C)O. The van der Waals surface area contributed by atoms with E-state index in [0.717, 1.165) is 0 Å². The van der Waals surface area contributed by atoms with Crippen molar-refractivity contribution in [1.82, 2.24) is 0 Å². The van der Waals surface area contributed by atoms with Crippen LogP contribution in [0, 0.1) is 40.4 Å². The van der Waals surface area contributed by atoms with Gasteiger partial charge in [0, 0.05) is 48.9 Å². The van der Waals surface area contributed by atoms with E-state index >= 15 is 0 Å². The van der Waals surface area contributed by atoms with Crippen LogP contribution in [0.1, 0.15) is 85.1 Å². The molecule has 4 aliphatic carbocycles. The molecule has 3 saturated carbocycles. The molecule has 1 aromatic carbocycles. The van der Waals surface area contributed by atoms with Crippen molar-refractivity contribution < 1.29 is 50.0 Å². The summed E-state index contributed by atoms with van der Waals surface area (Å²) >= 11 is 0. The average Bonchev–Trinajstić information content (AvgIpc) is 3.39. The minimum Gasteiger partial charge on any atom is -0.508 e. The van der Waals surface area contributed by atoms with Crippen molar-refractivity contribution >= 4 is 5.78 Å². The van der Waals surface area contributed by atoms with Gasteiger partial charge in [0.05, 0.1) is 35.6 Å². The summed E-state index contributed by atoms with van der Waals surface area (Å²) in [6.45, 7) is 11.9. The highest BCUT2D eigenvalue weighted by Crippen LogP contribution is 2.71. The van der Waals surface area contributed by atoms with E-state index in [1.165, 1.54) is 18.2 Å². The van der Waals surface area contributed by atoms with Crippen LogP contribution in [0.3, 0.4) is 0 Å². The predicted octanol–water partition coefficient (Wildman–Crippen LogP) is 3.18. The Kier molecular flexibility index (Phi) is 8.72. The zero-order valence-electron chi connectivity index (χ0n) is 28.5. The maximum atomic E-state index is 14.4. The first kappa shape index (κ1) is 34.8. The summed E-state index contributed by atoms with van der Waals surface area (Å²) in [5.74, 6) is -2.83. The maximum Gasteiger partial charge on any atom is 0.160 e. The lowest BCUT2D eigenvalue weighted by atomic mass is 9.43. The summed E-state index contributed by atoms with van der Waals surface area (Å²) in [7, 11) is 0. The van der Waals surface area contributed by atoms with Crippen molar-refractivity contribution in [2.75, 3.05) is 13.2 Å². The number of ketones is 1. The lowest BCUT2D eigenvalue weighted by Gasteiger charge is -2.62. The van der Waals surface area contributed by atoms with Crippen LogP contribution in [0.5, 0.6) is 11.5 Å². The minimum absolute atomic E-state index is 0.0748. The van der Waals surface area contributed by atoms with Crippen LogP contribution in [0.2, 0.25) is 0 Å². The van der Waals surface area contributed by atoms with Gasteiger partial charge in [0.25, 0.3) is 0 Å². The quantitative estimate of drug-likeness (QED) is 0.205. The number of aromatic hydroxyl groups is 2. The predicted molar refractivity (Wildman–Crippen MR) is 172 cm³/mol. The number of fused-ring (bicyclic) bond motifs is 7. The highest BCUT2D eigenvalue weighted by atomic mass is 16.5. The standard InChI is InChI=1S/C37H54O10/c1-18(2)19(3)30(42)33-36(6,44)32-27(47-33)17-37(45)24-15-25(41)29-28(20-12-21(39)14-22(40)13-20)31(43)26(46-11-7-10-38)16-34(29,4)23(24)8-9-35(32,37)5/h12-15,18-19,23,26-33,38-40,42-45H,7-11,16-17H2,1-6H3/t19-,23-,26-,27-,28-,29+,30-,31-,32-,33-,34+,35+,36+,37+/m0/s1. The van der Waals surface area contributed by atoms with Crippen molar-refractivity contribution in [3.8, 4) is 11.5 Å². The molecule has 10 heteroatoms. The van der Waals surface area contributed by atoms with E-state index in [2.05, 4.69) is 0 Å². The number of allylic oxidation sites excluding steroid dienone is 1. The Morgan fingerprint density at radius 3 is 2.32 bits per heavy atom. The first-order valence-electron chi connectivity index (χ1n) is 17.4. The van der Waals surface area contributed by atoms with Gasteiger partial charge in [-0.1, -0.05) is 34.6 Å². The summed E-state index contributed by atoms with van der Waals surface area (Å²) < 4.78 is 12.6. The second-order valence-corrected chi connectivity index (χ2v) is 16.4. The third-order valence-corrected chi connectivity index (χ3v) is 13.5. The monoisotopic (exact) mass is 658 g/mol. The first-order valence-corrected chi connectivity index (χ1v) is 17.4. The molecule has 1 aliphatic heterocycles. The number of phenols is 2. The van der Waals surface area contributed by atoms with E-state index in [-0.39, 0.29) is 54.7 Å². The molecule has 1 saturated heterocycles. The van der Waals surface area contributed by atoms with Crippen LogP contribution in [-0.2, 0) is 14.3 Å². The van der Waals surface area contributed by atoms with Gasteiger partial charge in [0.2, 0.25) is 0 Å². The Morgan fingerprint density at radius 1 is 1.04 bits per heavy atom. The molecule has 0 aromatic heterocycles. The van der Waals surface area contributed by atoms with Crippen LogP contribution >= 0.6 is 0 Å². The molecule has 0 amide bonds. The average molecular weight is 659 g/mol. The summed E-state index contributed by atoms with van der Waals surface area (Å²) in [4.78, 5) is 14.4. The number of ether oxygens (including phenoxy) is 2. The fourth-order valence-electron chi connectivity index (χ4n) is 10.9. The Labute approximate surface area is 277 Å². The molecular weight excluding hydrogens is 604 g/mol. The molecule has 4 fully saturated rings. The number of aliphatic hydroxyl groups is 5. The molecule has 0 spiro atoms. The van der Waals surface area contributed by atoms with E-state index in [1.807, 2.05) is 34.6 Å². The smallest absolute Gasteiger partial charge is 0.160 e. The Hall–Kier alpha value is -2.05. The van der Waals surface area contributed by atoms with Gasteiger partial charge in [0.15, 0.2) is 5.78 Å². The van der Waals surface area contributed by atoms with Crippen molar-refractivity contribution in [1.29, 1.82) is 0 Å². The van der Waals surface area contributed by atoms with Gasteiger partial charge < -0.3 is 45.2 Å². The first-order chi connectivity index (χ1) is 21.9. The Morgan fingerprint density at radius 2 is 1.70 bits per heavy atom. The Bertz CT molecular complexity index is 1390. The third kappa shape index (κ3) is 5.03. The molecule has 262 valence electrons. The molecule has 47 heavy (non-hydrogen) atoms. The molecule has 7 N–H and O–H groups in total. The Balaban J connectivity index is 1.40. The molecule has 0 radical (unpaired) electrons. The normalized spacial score (nSPS) is 45.5. The molecule has 0 unspecified atom stereocenters. The summed E-state index contributed by atoms with van der Waals surface area (Å²) in [6.07, 6.45) is -0.452. The molecule has 5 aliphatic rings. The minimum atomic E-state index is -1.46.